The van der Waals surface area contributed by atoms with Crippen molar-refractivity contribution in [3.05, 3.63) is 64.6 Å². The molecule has 2 aromatic heterocycles. The molecule has 3 heterocycles. The van der Waals surface area contributed by atoms with Gasteiger partial charge >= 0.3 is 5.97 Å². The number of nitrogens with zero attached hydrogens (tertiary/aromatic N) is 3. The molecule has 0 spiro atoms. The fraction of sp³-hybridized carbons (Fsp3) is 0.462. The van der Waals surface area contributed by atoms with E-state index in [-0.39, 0.29) is 0 Å². The molecule has 170 valence electrons. The van der Waals surface area contributed by atoms with Crippen LogP contribution in [0.4, 0.5) is 0 Å². The van der Waals surface area contributed by atoms with Gasteiger partial charge < -0.3 is 19.9 Å². The number of aryl methyl sites for hydroxylation is 2. The van der Waals surface area contributed by atoms with Gasteiger partial charge in [0.25, 0.3) is 0 Å². The van der Waals surface area contributed by atoms with Crippen LogP contribution in [0.3, 0.4) is 0 Å². The van der Waals surface area contributed by atoms with Gasteiger partial charge in [0.15, 0.2) is 0 Å². The van der Waals surface area contributed by atoms with Gasteiger partial charge in [0.1, 0.15) is 11.6 Å². The highest BCUT2D eigenvalue weighted by atomic mass is 16.6. The van der Waals surface area contributed by atoms with Crippen LogP contribution in [0.25, 0.3) is 10.9 Å². The van der Waals surface area contributed by atoms with Gasteiger partial charge in [0, 0.05) is 62.0 Å². The predicted molar refractivity (Wildman–Crippen MR) is 128 cm³/mol. The molecule has 0 aliphatic carbocycles. The Morgan fingerprint density at radius 1 is 1.28 bits per heavy atom. The SMILES string of the molecule is Cc1cc(CC(C)(OC(=O)C(C)N)c2cccnc2)c2c(c1)c1c(n2C)CCN(C)CC1. The van der Waals surface area contributed by atoms with E-state index in [0.717, 1.165) is 31.5 Å². The van der Waals surface area contributed by atoms with Crippen molar-refractivity contribution in [1.29, 1.82) is 0 Å². The molecule has 1 aliphatic rings. The highest BCUT2D eigenvalue weighted by Crippen LogP contribution is 2.36. The molecular weight excluding hydrogens is 400 g/mol. The second-order valence-electron chi connectivity index (χ2n) is 9.47. The number of pyridine rings is 1. The van der Waals surface area contributed by atoms with Crippen LogP contribution in [-0.2, 0) is 41.4 Å². The molecule has 0 bridgehead atoms. The first-order valence-electron chi connectivity index (χ1n) is 11.4. The first kappa shape index (κ1) is 22.5. The summed E-state index contributed by atoms with van der Waals surface area (Å²) in [5, 5.41) is 1.32. The van der Waals surface area contributed by atoms with Crippen LogP contribution in [0.5, 0.6) is 0 Å². The number of carbonyl (C=O) groups excluding carboxylic acids is 1. The zero-order valence-corrected chi connectivity index (χ0v) is 19.8. The maximum Gasteiger partial charge on any atom is 0.323 e. The lowest BCUT2D eigenvalue weighted by atomic mass is 9.88. The Kier molecular flexibility index (Phi) is 6.10. The van der Waals surface area contributed by atoms with E-state index in [2.05, 4.69) is 47.6 Å². The molecular formula is C26H34N4O2. The monoisotopic (exact) mass is 434 g/mol. The van der Waals surface area contributed by atoms with E-state index in [4.69, 9.17) is 10.5 Å². The molecule has 0 amide bonds. The second-order valence-corrected chi connectivity index (χ2v) is 9.47. The predicted octanol–water partition coefficient (Wildman–Crippen LogP) is 3.26. The van der Waals surface area contributed by atoms with Crippen molar-refractivity contribution >= 4 is 16.9 Å². The van der Waals surface area contributed by atoms with Gasteiger partial charge in [-0.2, -0.15) is 0 Å². The van der Waals surface area contributed by atoms with E-state index in [1.165, 1.54) is 33.3 Å². The molecule has 2 atom stereocenters. The van der Waals surface area contributed by atoms with Crippen molar-refractivity contribution in [3.63, 3.8) is 0 Å². The van der Waals surface area contributed by atoms with Crippen molar-refractivity contribution in [2.45, 2.75) is 51.7 Å². The molecule has 4 rings (SSSR count). The van der Waals surface area contributed by atoms with Gasteiger partial charge in [-0.15, -0.1) is 0 Å². The lowest BCUT2D eigenvalue weighted by Gasteiger charge is -2.31. The summed E-state index contributed by atoms with van der Waals surface area (Å²) in [5.41, 5.74) is 12.3. The summed E-state index contributed by atoms with van der Waals surface area (Å²) in [6, 6.07) is 7.68. The zero-order chi connectivity index (χ0) is 23.0. The average Bonchev–Trinajstić information content (AvgIpc) is 2.88. The summed E-state index contributed by atoms with van der Waals surface area (Å²) < 4.78 is 8.39. The normalized spacial score (nSPS) is 17.4. The quantitative estimate of drug-likeness (QED) is 0.624. The van der Waals surface area contributed by atoms with Crippen LogP contribution in [0.1, 0.15) is 41.8 Å². The Morgan fingerprint density at radius 2 is 2.03 bits per heavy atom. The molecule has 1 aliphatic heterocycles. The molecule has 6 nitrogen and oxygen atoms in total. The smallest absolute Gasteiger partial charge is 0.323 e. The molecule has 0 saturated heterocycles. The maximum absolute atomic E-state index is 12.6. The molecule has 6 heteroatoms. The molecule has 0 radical (unpaired) electrons. The van der Waals surface area contributed by atoms with Crippen LogP contribution in [0.15, 0.2) is 36.7 Å². The van der Waals surface area contributed by atoms with E-state index in [9.17, 15) is 4.79 Å². The summed E-state index contributed by atoms with van der Waals surface area (Å²) in [6.45, 7) is 7.88. The summed E-state index contributed by atoms with van der Waals surface area (Å²) >= 11 is 0. The van der Waals surface area contributed by atoms with Crippen molar-refractivity contribution in [3.8, 4) is 0 Å². The number of carbonyl (C=O) groups is 1. The summed E-state index contributed by atoms with van der Waals surface area (Å²) in [7, 11) is 4.36. The lowest BCUT2D eigenvalue weighted by molar-refractivity contribution is -0.160. The van der Waals surface area contributed by atoms with Crippen LogP contribution >= 0.6 is 0 Å². The third kappa shape index (κ3) is 4.17. The minimum Gasteiger partial charge on any atom is -0.453 e. The first-order valence-corrected chi connectivity index (χ1v) is 11.4. The number of benzene rings is 1. The number of hydrogen-bond donors (Lipinski definition) is 1. The Bertz CT molecular complexity index is 1140. The fourth-order valence-corrected chi connectivity index (χ4v) is 4.97. The number of hydrogen-bond acceptors (Lipinski definition) is 5. The van der Waals surface area contributed by atoms with Gasteiger partial charge in [-0.1, -0.05) is 17.7 Å². The van der Waals surface area contributed by atoms with Crippen molar-refractivity contribution in [2.75, 3.05) is 20.1 Å². The van der Waals surface area contributed by atoms with Crippen LogP contribution in [-0.4, -0.2) is 46.6 Å². The molecule has 0 fully saturated rings. The third-order valence-electron chi connectivity index (χ3n) is 6.72. The number of ether oxygens (including phenoxy) is 1. The third-order valence-corrected chi connectivity index (χ3v) is 6.72. The summed E-state index contributed by atoms with van der Waals surface area (Å²) in [5.74, 6) is -0.411. The average molecular weight is 435 g/mol. The number of fused-ring (bicyclic) bond motifs is 3. The number of aromatic nitrogens is 2. The Labute approximate surface area is 190 Å². The van der Waals surface area contributed by atoms with Crippen LogP contribution < -0.4 is 5.73 Å². The Balaban J connectivity index is 1.84. The minimum atomic E-state index is -0.873. The molecule has 1 aromatic carbocycles. The molecule has 2 unspecified atom stereocenters. The van der Waals surface area contributed by atoms with Crippen molar-refractivity contribution < 1.29 is 9.53 Å². The summed E-state index contributed by atoms with van der Waals surface area (Å²) in [6.07, 6.45) is 6.14. The van der Waals surface area contributed by atoms with E-state index >= 15 is 0 Å². The fourth-order valence-electron chi connectivity index (χ4n) is 4.97. The van der Waals surface area contributed by atoms with Gasteiger partial charge in [-0.05, 0) is 57.5 Å². The van der Waals surface area contributed by atoms with E-state index in [1.807, 2.05) is 19.1 Å². The van der Waals surface area contributed by atoms with E-state index < -0.39 is 17.6 Å². The Hall–Kier alpha value is -2.70. The second kappa shape index (κ2) is 8.68. The molecule has 2 N–H and O–H groups in total. The highest BCUT2D eigenvalue weighted by molar-refractivity contribution is 5.89. The van der Waals surface area contributed by atoms with Gasteiger partial charge in [0.2, 0.25) is 0 Å². The number of nitrogens with two attached hydrogens (primary N) is 1. The minimum absolute atomic E-state index is 0.411. The van der Waals surface area contributed by atoms with Gasteiger partial charge in [-0.25, -0.2) is 0 Å². The number of esters is 1. The molecule has 0 saturated carbocycles. The summed E-state index contributed by atoms with van der Waals surface area (Å²) in [4.78, 5) is 19.2. The van der Waals surface area contributed by atoms with Crippen molar-refractivity contribution in [1.82, 2.24) is 14.5 Å². The lowest BCUT2D eigenvalue weighted by Crippen LogP contribution is -2.38. The highest BCUT2D eigenvalue weighted by Gasteiger charge is 2.34. The van der Waals surface area contributed by atoms with E-state index in [1.54, 1.807) is 19.3 Å². The standard InChI is InChI=1S/C26H34N4O2/c1-17-13-19(15-26(3,32-25(31)18(2)27)20-7-6-10-28-16-20)24-22(14-17)21-8-11-29(4)12-9-23(21)30(24)5/h6-7,10,13-14,16,18H,8-9,11-12,15,27H2,1-5H3. The van der Waals surface area contributed by atoms with E-state index in [0.29, 0.717) is 6.42 Å². The van der Waals surface area contributed by atoms with Gasteiger partial charge in [-0.3, -0.25) is 9.78 Å². The Morgan fingerprint density at radius 3 is 2.72 bits per heavy atom. The maximum atomic E-state index is 12.6. The number of rotatable bonds is 5. The zero-order valence-electron chi connectivity index (χ0n) is 19.8. The van der Waals surface area contributed by atoms with Crippen LogP contribution in [0, 0.1) is 6.92 Å². The largest absolute Gasteiger partial charge is 0.453 e. The topological polar surface area (TPSA) is 73.4 Å². The van der Waals surface area contributed by atoms with Crippen LogP contribution in [0.2, 0.25) is 0 Å². The molecule has 3 aromatic rings. The first-order chi connectivity index (χ1) is 15.2. The van der Waals surface area contributed by atoms with Gasteiger partial charge in [0.05, 0.1) is 5.52 Å². The molecule has 32 heavy (non-hydrogen) atoms. The van der Waals surface area contributed by atoms with Crippen molar-refractivity contribution in [2.24, 2.45) is 12.8 Å². The number of likely N-dealkylation sites (N-methyl/N-ethyl adjacent to an activating group) is 1.